The zero-order valence-electron chi connectivity index (χ0n) is 16.4. The van der Waals surface area contributed by atoms with Crippen molar-refractivity contribution in [1.82, 2.24) is 19.9 Å². The zero-order valence-corrected chi connectivity index (χ0v) is 17.2. The molecule has 0 unspecified atom stereocenters. The van der Waals surface area contributed by atoms with Crippen LogP contribution in [0.15, 0.2) is 18.3 Å². The van der Waals surface area contributed by atoms with Crippen LogP contribution in [0, 0.1) is 0 Å². The number of aromatic nitrogens is 3. The Morgan fingerprint density at radius 1 is 1.23 bits per heavy atom. The minimum Gasteiger partial charge on any atom is -0.491 e. The zero-order chi connectivity index (χ0) is 20.7. The van der Waals surface area contributed by atoms with Crippen LogP contribution in [0.4, 0.5) is 17.5 Å². The Hall–Kier alpha value is -3.04. The molecule has 1 fully saturated rings. The van der Waals surface area contributed by atoms with Crippen molar-refractivity contribution in [1.29, 1.82) is 0 Å². The third-order valence-electron chi connectivity index (χ3n) is 5.35. The highest BCUT2D eigenvalue weighted by atomic mass is 35.5. The Morgan fingerprint density at radius 2 is 2.07 bits per heavy atom. The lowest BCUT2D eigenvalue weighted by atomic mass is 10.0. The number of H-pyrrole nitrogens is 1. The van der Waals surface area contributed by atoms with Crippen molar-refractivity contribution in [2.24, 2.45) is 0 Å². The maximum Gasteiger partial charge on any atom is 0.254 e. The Balaban J connectivity index is 1.48. The highest BCUT2D eigenvalue weighted by molar-refractivity contribution is 6.36. The van der Waals surface area contributed by atoms with Crippen molar-refractivity contribution >= 4 is 46.0 Å². The van der Waals surface area contributed by atoms with Crippen LogP contribution in [0.2, 0.25) is 5.02 Å². The van der Waals surface area contributed by atoms with Crippen molar-refractivity contribution in [2.45, 2.75) is 6.42 Å². The summed E-state index contributed by atoms with van der Waals surface area (Å²) in [7, 11) is 1.78. The van der Waals surface area contributed by atoms with Crippen LogP contribution in [-0.2, 0) is 11.2 Å². The number of aromatic amines is 1. The van der Waals surface area contributed by atoms with Crippen molar-refractivity contribution in [3.63, 3.8) is 0 Å². The van der Waals surface area contributed by atoms with Crippen molar-refractivity contribution in [3.05, 3.63) is 34.5 Å². The molecule has 3 aromatic rings. The number of amides is 1. The average Bonchev–Trinajstić information content (AvgIpc) is 3.41. The molecule has 2 aromatic heterocycles. The summed E-state index contributed by atoms with van der Waals surface area (Å²) in [5.74, 6) is 1.71. The highest BCUT2D eigenvalue weighted by Crippen LogP contribution is 2.38. The minimum absolute atomic E-state index is 0.0165. The summed E-state index contributed by atoms with van der Waals surface area (Å²) >= 11 is 6.22. The van der Waals surface area contributed by atoms with Crippen LogP contribution in [0.3, 0.4) is 0 Å². The standard InChI is InChI=1S/C20H21ClN6O3/c1-22-17-15-13(21)10-23-18(15)26-20(25-17)24-14-3-2-12(11-4-7-30-16(11)14)19(28)27-5-8-29-9-6-27/h2-3,10H,4-9H2,1H3,(H3,22,23,24,25,26). The van der Waals surface area contributed by atoms with Crippen LogP contribution in [0.25, 0.3) is 11.0 Å². The largest absolute Gasteiger partial charge is 0.491 e. The number of rotatable bonds is 4. The lowest BCUT2D eigenvalue weighted by Gasteiger charge is -2.27. The number of halogens is 1. The smallest absolute Gasteiger partial charge is 0.254 e. The Morgan fingerprint density at radius 3 is 2.87 bits per heavy atom. The van der Waals surface area contributed by atoms with Gasteiger partial charge >= 0.3 is 0 Å². The molecule has 3 N–H and O–H groups in total. The van der Waals surface area contributed by atoms with E-state index in [4.69, 9.17) is 21.1 Å². The number of anilines is 3. The fourth-order valence-electron chi connectivity index (χ4n) is 3.88. The lowest BCUT2D eigenvalue weighted by Crippen LogP contribution is -2.41. The van der Waals surface area contributed by atoms with Crippen LogP contribution >= 0.6 is 11.6 Å². The quantitative estimate of drug-likeness (QED) is 0.586. The fraction of sp³-hybridized carbons (Fsp3) is 0.350. The molecule has 0 radical (unpaired) electrons. The van der Waals surface area contributed by atoms with Gasteiger partial charge in [-0.15, -0.1) is 0 Å². The second kappa shape index (κ2) is 7.66. The number of morpholine rings is 1. The molecule has 2 aliphatic rings. The second-order valence-corrected chi connectivity index (χ2v) is 7.51. The van der Waals surface area contributed by atoms with Gasteiger partial charge in [-0.05, 0) is 12.1 Å². The molecule has 10 heteroatoms. The van der Waals surface area contributed by atoms with E-state index >= 15 is 0 Å². The van der Waals surface area contributed by atoms with Gasteiger partial charge in [0.1, 0.15) is 17.2 Å². The van der Waals surface area contributed by atoms with Gasteiger partial charge in [0.15, 0.2) is 0 Å². The molecule has 1 aromatic carbocycles. The van der Waals surface area contributed by atoms with E-state index in [1.54, 1.807) is 13.2 Å². The molecule has 1 saturated heterocycles. The lowest BCUT2D eigenvalue weighted by molar-refractivity contribution is 0.0302. The Labute approximate surface area is 177 Å². The summed E-state index contributed by atoms with van der Waals surface area (Å²) in [5.41, 5.74) is 2.94. The average molecular weight is 429 g/mol. The summed E-state index contributed by atoms with van der Waals surface area (Å²) in [4.78, 5) is 26.9. The maximum absolute atomic E-state index is 13.0. The van der Waals surface area contributed by atoms with Gasteiger partial charge in [0.2, 0.25) is 5.95 Å². The first kappa shape index (κ1) is 19.0. The molecule has 4 heterocycles. The molecule has 0 aliphatic carbocycles. The molecular formula is C20H21ClN6O3. The Bertz CT molecular complexity index is 1130. The number of hydrogen-bond acceptors (Lipinski definition) is 7. The van der Waals surface area contributed by atoms with E-state index in [0.29, 0.717) is 73.1 Å². The monoisotopic (exact) mass is 428 g/mol. The van der Waals surface area contributed by atoms with E-state index < -0.39 is 0 Å². The van der Waals surface area contributed by atoms with Crippen molar-refractivity contribution in [3.8, 4) is 5.75 Å². The number of hydrogen-bond donors (Lipinski definition) is 3. The third kappa shape index (κ3) is 3.20. The Kier molecular flexibility index (Phi) is 4.84. The summed E-state index contributed by atoms with van der Waals surface area (Å²) in [6.07, 6.45) is 2.36. The van der Waals surface area contributed by atoms with Gasteiger partial charge in [-0.3, -0.25) is 4.79 Å². The normalized spacial score (nSPS) is 15.7. The second-order valence-electron chi connectivity index (χ2n) is 7.10. The predicted octanol–water partition coefficient (Wildman–Crippen LogP) is 2.80. The molecular weight excluding hydrogens is 408 g/mol. The fourth-order valence-corrected chi connectivity index (χ4v) is 4.12. The molecule has 2 aliphatic heterocycles. The maximum atomic E-state index is 13.0. The van der Waals surface area contributed by atoms with Crippen LogP contribution in [-0.4, -0.2) is 65.7 Å². The van der Waals surface area contributed by atoms with E-state index in [1.165, 1.54) is 0 Å². The first-order chi connectivity index (χ1) is 14.7. The summed E-state index contributed by atoms with van der Waals surface area (Å²) < 4.78 is 11.2. The van der Waals surface area contributed by atoms with Gasteiger partial charge in [0.25, 0.3) is 5.91 Å². The molecule has 30 heavy (non-hydrogen) atoms. The van der Waals surface area contributed by atoms with E-state index in [1.807, 2.05) is 17.0 Å². The summed E-state index contributed by atoms with van der Waals surface area (Å²) in [6.45, 7) is 2.88. The molecule has 5 rings (SSSR count). The molecule has 1 amide bonds. The highest BCUT2D eigenvalue weighted by Gasteiger charge is 2.27. The number of nitrogens with one attached hydrogen (secondary N) is 3. The van der Waals surface area contributed by atoms with Gasteiger partial charge in [0.05, 0.1) is 35.9 Å². The number of carbonyl (C=O) groups excluding carboxylic acids is 1. The SMILES string of the molecule is CNc1nc(Nc2ccc(C(=O)N3CCOCC3)c3c2OCC3)nc2[nH]cc(Cl)c12. The number of nitrogens with zero attached hydrogens (tertiary/aromatic N) is 3. The van der Waals surface area contributed by atoms with E-state index in [2.05, 4.69) is 25.6 Å². The first-order valence-electron chi connectivity index (χ1n) is 9.81. The van der Waals surface area contributed by atoms with Gasteiger partial charge in [0, 0.05) is 43.9 Å². The van der Waals surface area contributed by atoms with Crippen LogP contribution in [0.5, 0.6) is 5.75 Å². The van der Waals surface area contributed by atoms with Gasteiger partial charge in [-0.25, -0.2) is 0 Å². The van der Waals surface area contributed by atoms with Gasteiger partial charge in [-0.2, -0.15) is 9.97 Å². The minimum atomic E-state index is 0.0165. The van der Waals surface area contributed by atoms with Crippen LogP contribution < -0.4 is 15.4 Å². The summed E-state index contributed by atoms with van der Waals surface area (Å²) in [6, 6.07) is 3.68. The van der Waals surface area contributed by atoms with E-state index in [0.717, 1.165) is 16.6 Å². The molecule has 156 valence electrons. The van der Waals surface area contributed by atoms with Gasteiger partial charge in [-0.1, -0.05) is 11.6 Å². The number of carbonyl (C=O) groups is 1. The molecule has 9 nitrogen and oxygen atoms in total. The van der Waals surface area contributed by atoms with Crippen molar-refractivity contribution in [2.75, 3.05) is 50.6 Å². The van der Waals surface area contributed by atoms with Crippen LogP contribution in [0.1, 0.15) is 15.9 Å². The summed E-state index contributed by atoms with van der Waals surface area (Å²) in [5, 5.41) is 7.57. The first-order valence-corrected chi connectivity index (χ1v) is 10.2. The molecule has 0 spiro atoms. The van der Waals surface area contributed by atoms with Gasteiger partial charge < -0.3 is 30.0 Å². The van der Waals surface area contributed by atoms with E-state index in [9.17, 15) is 4.79 Å². The third-order valence-corrected chi connectivity index (χ3v) is 5.65. The number of benzene rings is 1. The predicted molar refractivity (Wildman–Crippen MR) is 114 cm³/mol. The topological polar surface area (TPSA) is 104 Å². The number of fused-ring (bicyclic) bond motifs is 2. The molecule has 0 atom stereocenters. The molecule has 0 bridgehead atoms. The van der Waals surface area contributed by atoms with E-state index in [-0.39, 0.29) is 5.91 Å². The van der Waals surface area contributed by atoms with Crippen molar-refractivity contribution < 1.29 is 14.3 Å². The molecule has 0 saturated carbocycles. The number of ether oxygens (including phenoxy) is 2.